The molecule has 8 aromatic rings. The van der Waals surface area contributed by atoms with E-state index in [-0.39, 0.29) is 70.9 Å². The number of aryl methyl sites for hydroxylation is 2. The normalized spacial score (nSPS) is 10.5. The van der Waals surface area contributed by atoms with Gasteiger partial charge in [0.2, 0.25) is 0 Å². The molecular formula is C109H172O12Si3. The first-order valence-electron chi connectivity index (χ1n) is 44.3. The standard InChI is InChI=1S/C20H18.C16H14O2.C9H10O2.C9H12O.C8H18O2Si.C8H10.C6H12O2.C6H16Si.C5H8O2.C5H12.C5H10.C4H12Si.C3H6O.C3H8.C2H6/c1-20(17-11-5-2-6-12-17,18-13-7-3-8-14-18)19-15-9-4-10-16-19;1-11(17)18-10-16-14-8-4-2-6-12(14)13-7-3-5-9-15(13)16;1-8(10)11-7-9-5-3-2-4-6-9;1-3-8-4-6-9(10-2)7-5-8;1-7(9)10-5-6-11-8(2,3)4;1-2-8-6-4-3-5-7-8;1-5(7)8-6(2,3)4;1-6(2,3)7(4)5;1-3-4-7-5(2)6;1-5(2,3)4;1-3-5-4-2;1-5(2,3)4;1-3(2)4;1-3-2;1-2/h2-16H,1H3;2-9,16H,10H2,1H3;2-6H,7H2,1H3;4-7H,3H2,1-2H3;5-6,11H2,1-4H3;3-7H,2H2,1H3;1-4H3;7H,1-5H3;3H,1,4H2,2H3;1-4H3;3H,1,4-5H2,2H3;1-4H3;1-2H3;3H2,1-2H3;1-2H3. The van der Waals surface area contributed by atoms with Crippen LogP contribution in [0.25, 0.3) is 11.1 Å². The van der Waals surface area contributed by atoms with Crippen LogP contribution >= 0.6 is 0 Å². The Kier molecular flexibility index (Phi) is 74.9. The van der Waals surface area contributed by atoms with Gasteiger partial charge in [-0.3, -0.25) is 24.0 Å². The first-order chi connectivity index (χ1) is 57.8. The maximum atomic E-state index is 11.0. The second kappa shape index (κ2) is 74.0. The molecule has 9 rings (SSSR count). The molecular weight excluding hydrogens is 1590 g/mol. The zero-order chi connectivity index (χ0) is 96.6. The third-order valence-electron chi connectivity index (χ3n) is 16.0. The number of fused-ring (bicyclic) bond motifs is 3. The van der Waals surface area contributed by atoms with Crippen molar-refractivity contribution in [2.24, 2.45) is 5.41 Å². The number of carbonyl (C=O) groups is 6. The fourth-order valence-corrected chi connectivity index (χ4v) is 10.8. The minimum atomic E-state index is -0.611. The van der Waals surface area contributed by atoms with Gasteiger partial charge in [-0.15, -0.1) is 6.58 Å². The van der Waals surface area contributed by atoms with E-state index in [1.807, 2.05) is 113 Å². The summed E-state index contributed by atoms with van der Waals surface area (Å²) in [6.07, 6.45) is 9.32. The van der Waals surface area contributed by atoms with Gasteiger partial charge < -0.3 is 33.2 Å². The summed E-state index contributed by atoms with van der Waals surface area (Å²) in [6.45, 7) is 77.8. The van der Waals surface area contributed by atoms with Crippen molar-refractivity contribution in [2.75, 3.05) is 26.9 Å². The van der Waals surface area contributed by atoms with Crippen molar-refractivity contribution in [1.82, 2.24) is 0 Å². The van der Waals surface area contributed by atoms with Crippen molar-refractivity contribution in [1.29, 1.82) is 0 Å². The van der Waals surface area contributed by atoms with E-state index in [2.05, 4.69) is 320 Å². The molecule has 0 bridgehead atoms. The van der Waals surface area contributed by atoms with Gasteiger partial charge in [-0.25, -0.2) is 0 Å². The molecule has 0 amide bonds. The quantitative estimate of drug-likeness (QED) is 0.0212. The van der Waals surface area contributed by atoms with E-state index in [1.54, 1.807) is 7.11 Å². The van der Waals surface area contributed by atoms with Gasteiger partial charge >= 0.3 is 29.8 Å². The molecule has 15 heteroatoms. The fourth-order valence-electron chi connectivity index (χ4n) is 9.42. The predicted octanol–water partition coefficient (Wildman–Crippen LogP) is 29.4. The average molecular weight is 1760 g/mol. The van der Waals surface area contributed by atoms with E-state index in [0.29, 0.717) is 41.9 Å². The van der Waals surface area contributed by atoms with Gasteiger partial charge in [0.25, 0.3) is 0 Å². The summed E-state index contributed by atoms with van der Waals surface area (Å²) < 4.78 is 29.1. The minimum Gasteiger partial charge on any atom is -0.497 e. The highest BCUT2D eigenvalue weighted by atomic mass is 28.3. The van der Waals surface area contributed by atoms with Crippen LogP contribution in [0.1, 0.15) is 264 Å². The van der Waals surface area contributed by atoms with Crippen molar-refractivity contribution < 1.29 is 57.2 Å². The van der Waals surface area contributed by atoms with Gasteiger partial charge in [0.05, 0.1) is 13.7 Å². The zero-order valence-corrected chi connectivity index (χ0v) is 87.8. The summed E-state index contributed by atoms with van der Waals surface area (Å²) in [6, 6.07) is 78.0. The topological polar surface area (TPSA) is 158 Å². The number of carbonyl (C=O) groups excluding carboxylic acids is 6. The molecule has 692 valence electrons. The van der Waals surface area contributed by atoms with E-state index >= 15 is 0 Å². The molecule has 0 heterocycles. The lowest BCUT2D eigenvalue weighted by molar-refractivity contribution is -0.152. The van der Waals surface area contributed by atoms with E-state index < -0.39 is 8.07 Å². The summed E-state index contributed by atoms with van der Waals surface area (Å²) in [4.78, 5) is 61.4. The molecule has 0 saturated heterocycles. The molecule has 0 aromatic heterocycles. The van der Waals surface area contributed by atoms with Crippen LogP contribution < -0.4 is 4.74 Å². The smallest absolute Gasteiger partial charge is 0.303 e. The Labute approximate surface area is 762 Å². The predicted molar refractivity (Wildman–Crippen MR) is 545 cm³/mol. The molecule has 124 heavy (non-hydrogen) atoms. The van der Waals surface area contributed by atoms with Crippen LogP contribution in [0.15, 0.2) is 250 Å². The average Bonchev–Trinajstić information content (AvgIpc) is 1.53. The monoisotopic (exact) mass is 1760 g/mol. The van der Waals surface area contributed by atoms with E-state index in [0.717, 1.165) is 36.6 Å². The van der Waals surface area contributed by atoms with Gasteiger partial charge in [-0.2, -0.15) is 0 Å². The van der Waals surface area contributed by atoms with Crippen molar-refractivity contribution >= 4 is 62.0 Å². The number of ketones is 1. The molecule has 0 saturated carbocycles. The van der Waals surface area contributed by atoms with E-state index in [9.17, 15) is 28.8 Å². The van der Waals surface area contributed by atoms with Crippen LogP contribution in [0.4, 0.5) is 0 Å². The number of methoxy groups -OCH3 is 1. The Morgan fingerprint density at radius 2 is 0.742 bits per heavy atom. The summed E-state index contributed by atoms with van der Waals surface area (Å²) in [5, 5.41) is 1.13. The lowest BCUT2D eigenvalue weighted by Gasteiger charge is -2.31. The second-order valence-electron chi connectivity index (χ2n) is 36.1. The third-order valence-corrected chi connectivity index (χ3v) is 21.6. The maximum Gasteiger partial charge on any atom is 0.303 e. The first-order valence-corrected chi connectivity index (χ1v) is 52.9. The SMILES string of the molecule is C=CCCC.C=CCOC(C)=O.CC.CC(=O)OC(C)(C)C.CC(=O)OCC1c2ccccc2-c2ccccc21.CC(=O)OCC[SiH2]C(C)(C)C.CC(=O)OCc1ccccc1.CC(C)(C)C.CC(C)=O.CC(c1ccccc1)(c1ccccc1)c1ccccc1.CCC.CCc1ccc(OC)cc1.CCc1ccccc1.C[SiH](C)C(C)(C)C.C[Si](C)(C)C. The molecule has 0 spiro atoms. The van der Waals surface area contributed by atoms with Crippen molar-refractivity contribution in [3.63, 3.8) is 0 Å². The van der Waals surface area contributed by atoms with E-state index in [1.165, 1.54) is 117 Å². The van der Waals surface area contributed by atoms with Gasteiger partial charge in [0.1, 0.15) is 37.0 Å². The number of ether oxygens (including phenoxy) is 6. The number of benzene rings is 8. The Bertz CT molecular complexity index is 3770. The van der Waals surface area contributed by atoms with Crippen molar-refractivity contribution in [3.05, 3.63) is 294 Å². The molecule has 0 unspecified atom stereocenters. The number of unbranched alkanes of at least 4 members (excludes halogenated alkanes) is 1. The fraction of sp³-hybridized carbons (Fsp3) is 0.468. The molecule has 1 aliphatic rings. The maximum absolute atomic E-state index is 11.0. The van der Waals surface area contributed by atoms with Gasteiger partial charge in [0, 0.05) is 72.3 Å². The second-order valence-corrected chi connectivity index (χ2v) is 49.4. The Morgan fingerprint density at radius 3 is 0.976 bits per heavy atom. The summed E-state index contributed by atoms with van der Waals surface area (Å²) in [5.74, 6) is 0.148. The Morgan fingerprint density at radius 1 is 0.435 bits per heavy atom. The van der Waals surface area contributed by atoms with Gasteiger partial charge in [-0.05, 0) is 150 Å². The van der Waals surface area contributed by atoms with E-state index in [4.69, 9.17) is 23.7 Å². The highest BCUT2D eigenvalue weighted by molar-refractivity contribution is 6.74. The number of hydrogen-bond donors (Lipinski definition) is 0. The highest BCUT2D eigenvalue weighted by Gasteiger charge is 2.31. The molecule has 8 aromatic carbocycles. The summed E-state index contributed by atoms with van der Waals surface area (Å²) in [5.41, 5.74) is 12.8. The number of Topliss-reactive ketones (excluding diaryl/α,β-unsaturated/α-hetero) is 1. The number of hydrogen-bond acceptors (Lipinski definition) is 12. The van der Waals surface area contributed by atoms with Crippen molar-refractivity contribution in [3.8, 4) is 16.9 Å². The first kappa shape index (κ1) is 126. The molecule has 0 atom stereocenters. The minimum absolute atomic E-state index is 0.0706. The molecule has 0 N–H and O–H groups in total. The van der Waals surface area contributed by atoms with Crippen LogP contribution in [0.5, 0.6) is 5.75 Å². The highest BCUT2D eigenvalue weighted by Crippen LogP contribution is 2.45. The molecule has 1 aliphatic carbocycles. The zero-order valence-electron chi connectivity index (χ0n) is 84.3. The lowest BCUT2D eigenvalue weighted by atomic mass is 9.71. The number of rotatable bonds is 17. The molecule has 12 nitrogen and oxygen atoms in total. The van der Waals surface area contributed by atoms with Crippen molar-refractivity contribution in [2.45, 2.75) is 305 Å². The molecule has 0 fully saturated rings. The van der Waals surface area contributed by atoms with Crippen LogP contribution in [-0.4, -0.2) is 94.6 Å². The van der Waals surface area contributed by atoms with Gasteiger partial charge in [-0.1, -0.05) is 401 Å². The van der Waals surface area contributed by atoms with Crippen LogP contribution in [0.3, 0.4) is 0 Å². The number of allylic oxidation sites excluding steroid dienone is 1. The van der Waals surface area contributed by atoms with Crippen LogP contribution in [0, 0.1) is 5.41 Å². The van der Waals surface area contributed by atoms with Crippen LogP contribution in [0.2, 0.25) is 55.4 Å². The number of esters is 5. The molecule has 0 radical (unpaired) electrons. The summed E-state index contributed by atoms with van der Waals surface area (Å²) in [7, 11) is 0.641. The largest absolute Gasteiger partial charge is 0.497 e. The molecule has 0 aliphatic heterocycles. The summed E-state index contributed by atoms with van der Waals surface area (Å²) >= 11 is 0. The van der Waals surface area contributed by atoms with Crippen LogP contribution in [-0.2, 0) is 77.3 Å². The Hall–Kier alpha value is -9.29. The Balaban J connectivity index is -0.000000312. The van der Waals surface area contributed by atoms with Gasteiger partial charge in [0.15, 0.2) is 0 Å². The lowest BCUT2D eigenvalue weighted by Crippen LogP contribution is -2.25. The third kappa shape index (κ3) is 78.7.